The summed E-state index contributed by atoms with van der Waals surface area (Å²) in [5, 5.41) is 7.64. The van der Waals surface area contributed by atoms with Crippen molar-refractivity contribution in [2.24, 2.45) is 0 Å². The molecule has 1 aliphatic rings. The van der Waals surface area contributed by atoms with E-state index in [1.807, 2.05) is 0 Å². The summed E-state index contributed by atoms with van der Waals surface area (Å²) in [6, 6.07) is 1.77. The van der Waals surface area contributed by atoms with Gasteiger partial charge in [-0.3, -0.25) is 0 Å². The van der Waals surface area contributed by atoms with Crippen molar-refractivity contribution in [1.82, 2.24) is 25.1 Å². The van der Waals surface area contributed by atoms with Crippen LogP contribution in [-0.4, -0.2) is 38.9 Å². The van der Waals surface area contributed by atoms with Gasteiger partial charge in [-0.25, -0.2) is 19.4 Å². The first-order chi connectivity index (χ1) is 9.81. The van der Waals surface area contributed by atoms with Crippen LogP contribution < -0.4 is 5.32 Å². The molecule has 0 aromatic carbocycles. The SMILES string of the molecule is CCOC(=O)c1nn(-c2ccncn2)c2c1CNCC2. The Labute approximate surface area is 116 Å². The summed E-state index contributed by atoms with van der Waals surface area (Å²) in [5.41, 5.74) is 2.27. The zero-order valence-corrected chi connectivity index (χ0v) is 11.2. The van der Waals surface area contributed by atoms with Gasteiger partial charge in [0.1, 0.15) is 6.33 Å². The number of carbonyl (C=O) groups excluding carboxylic acids is 1. The van der Waals surface area contributed by atoms with Crippen LogP contribution in [0.3, 0.4) is 0 Å². The van der Waals surface area contributed by atoms with E-state index in [1.54, 1.807) is 23.9 Å². The van der Waals surface area contributed by atoms with E-state index >= 15 is 0 Å². The minimum Gasteiger partial charge on any atom is -0.461 e. The molecule has 0 spiro atoms. The Balaban J connectivity index is 2.09. The van der Waals surface area contributed by atoms with E-state index in [-0.39, 0.29) is 5.97 Å². The monoisotopic (exact) mass is 273 g/mol. The van der Waals surface area contributed by atoms with Gasteiger partial charge in [0.05, 0.1) is 12.3 Å². The van der Waals surface area contributed by atoms with E-state index < -0.39 is 0 Å². The second kappa shape index (κ2) is 5.38. The quantitative estimate of drug-likeness (QED) is 0.819. The Morgan fingerprint density at radius 1 is 1.55 bits per heavy atom. The lowest BCUT2D eigenvalue weighted by Crippen LogP contribution is -2.25. The number of esters is 1. The van der Waals surface area contributed by atoms with Crippen molar-refractivity contribution in [3.05, 3.63) is 35.5 Å². The molecule has 0 amide bonds. The van der Waals surface area contributed by atoms with Crippen molar-refractivity contribution < 1.29 is 9.53 Å². The van der Waals surface area contributed by atoms with Crippen LogP contribution in [0.15, 0.2) is 18.6 Å². The van der Waals surface area contributed by atoms with Gasteiger partial charge in [0.25, 0.3) is 0 Å². The number of rotatable bonds is 3. The number of carbonyl (C=O) groups is 1. The van der Waals surface area contributed by atoms with Crippen molar-refractivity contribution in [3.63, 3.8) is 0 Å². The Kier molecular flexibility index (Phi) is 3.42. The van der Waals surface area contributed by atoms with Gasteiger partial charge in [0.2, 0.25) is 0 Å². The largest absolute Gasteiger partial charge is 0.461 e. The van der Waals surface area contributed by atoms with Crippen LogP contribution in [0.4, 0.5) is 0 Å². The summed E-state index contributed by atoms with van der Waals surface area (Å²) in [5.74, 6) is 0.272. The van der Waals surface area contributed by atoms with Crippen molar-refractivity contribution in [1.29, 1.82) is 0 Å². The first-order valence-electron chi connectivity index (χ1n) is 6.56. The first-order valence-corrected chi connectivity index (χ1v) is 6.56. The molecule has 0 unspecified atom stereocenters. The molecule has 3 rings (SSSR count). The molecule has 3 heterocycles. The first kappa shape index (κ1) is 12.7. The fourth-order valence-corrected chi connectivity index (χ4v) is 2.31. The van der Waals surface area contributed by atoms with Crippen molar-refractivity contribution in [3.8, 4) is 5.82 Å². The highest BCUT2D eigenvalue weighted by Crippen LogP contribution is 2.21. The van der Waals surface area contributed by atoms with E-state index in [0.717, 1.165) is 24.2 Å². The number of ether oxygens (including phenoxy) is 1. The summed E-state index contributed by atoms with van der Waals surface area (Å²) in [6.07, 6.45) is 3.92. The van der Waals surface area contributed by atoms with Gasteiger partial charge in [-0.15, -0.1) is 0 Å². The van der Waals surface area contributed by atoms with Crippen LogP contribution in [-0.2, 0) is 17.7 Å². The summed E-state index contributed by atoms with van der Waals surface area (Å²) >= 11 is 0. The van der Waals surface area contributed by atoms with E-state index in [9.17, 15) is 4.79 Å². The van der Waals surface area contributed by atoms with Gasteiger partial charge < -0.3 is 10.1 Å². The third-order valence-corrected chi connectivity index (χ3v) is 3.18. The van der Waals surface area contributed by atoms with Gasteiger partial charge in [-0.2, -0.15) is 5.10 Å². The fraction of sp³-hybridized carbons (Fsp3) is 0.385. The van der Waals surface area contributed by atoms with Crippen LogP contribution in [0, 0.1) is 0 Å². The van der Waals surface area contributed by atoms with Crippen LogP contribution in [0.5, 0.6) is 0 Å². The van der Waals surface area contributed by atoms with Crippen LogP contribution in [0.1, 0.15) is 28.7 Å². The van der Waals surface area contributed by atoms with Crippen molar-refractivity contribution in [2.75, 3.05) is 13.2 Å². The Morgan fingerprint density at radius 3 is 3.20 bits per heavy atom. The van der Waals surface area contributed by atoms with E-state index in [2.05, 4.69) is 20.4 Å². The Bertz CT molecular complexity index is 623. The molecular weight excluding hydrogens is 258 g/mol. The molecule has 0 saturated heterocycles. The van der Waals surface area contributed by atoms with E-state index in [0.29, 0.717) is 24.7 Å². The van der Waals surface area contributed by atoms with Gasteiger partial charge >= 0.3 is 5.97 Å². The molecule has 0 saturated carbocycles. The highest BCUT2D eigenvalue weighted by molar-refractivity contribution is 5.89. The summed E-state index contributed by atoms with van der Waals surface area (Å²) in [4.78, 5) is 20.1. The molecule has 0 bridgehead atoms. The average Bonchev–Trinajstić information content (AvgIpc) is 2.88. The molecule has 0 aliphatic carbocycles. The molecule has 1 aliphatic heterocycles. The molecule has 0 atom stereocenters. The topological polar surface area (TPSA) is 81.9 Å². The molecule has 2 aromatic heterocycles. The molecule has 7 nitrogen and oxygen atoms in total. The van der Waals surface area contributed by atoms with E-state index in [1.165, 1.54) is 6.33 Å². The zero-order valence-electron chi connectivity index (χ0n) is 11.2. The summed E-state index contributed by atoms with van der Waals surface area (Å²) < 4.78 is 6.78. The lowest BCUT2D eigenvalue weighted by Gasteiger charge is -2.14. The summed E-state index contributed by atoms with van der Waals surface area (Å²) in [6.45, 7) is 3.59. The molecule has 0 radical (unpaired) electrons. The second-order valence-corrected chi connectivity index (χ2v) is 4.40. The molecule has 0 fully saturated rings. The van der Waals surface area contributed by atoms with Crippen molar-refractivity contribution >= 4 is 5.97 Å². The van der Waals surface area contributed by atoms with Crippen LogP contribution >= 0.6 is 0 Å². The normalized spacial score (nSPS) is 13.8. The average molecular weight is 273 g/mol. The van der Waals surface area contributed by atoms with Gasteiger partial charge in [-0.05, 0) is 6.92 Å². The third kappa shape index (κ3) is 2.16. The predicted octanol–water partition coefficient (Wildman–Crippen LogP) is 0.485. The maximum atomic E-state index is 12.0. The molecule has 104 valence electrons. The van der Waals surface area contributed by atoms with Gasteiger partial charge in [0, 0.05) is 37.3 Å². The predicted molar refractivity (Wildman–Crippen MR) is 70.5 cm³/mol. The summed E-state index contributed by atoms with van der Waals surface area (Å²) in [7, 11) is 0. The third-order valence-electron chi connectivity index (χ3n) is 3.18. The smallest absolute Gasteiger partial charge is 0.359 e. The highest BCUT2D eigenvalue weighted by Gasteiger charge is 2.26. The number of hydrogen-bond acceptors (Lipinski definition) is 6. The molecule has 20 heavy (non-hydrogen) atoms. The minimum atomic E-state index is -0.389. The lowest BCUT2D eigenvalue weighted by molar-refractivity contribution is 0.0517. The fourth-order valence-electron chi connectivity index (χ4n) is 2.31. The Morgan fingerprint density at radius 2 is 2.45 bits per heavy atom. The second-order valence-electron chi connectivity index (χ2n) is 4.40. The molecule has 2 aromatic rings. The highest BCUT2D eigenvalue weighted by atomic mass is 16.5. The lowest BCUT2D eigenvalue weighted by atomic mass is 10.1. The maximum Gasteiger partial charge on any atom is 0.359 e. The van der Waals surface area contributed by atoms with Crippen molar-refractivity contribution in [2.45, 2.75) is 19.9 Å². The molecular formula is C13H15N5O2. The standard InChI is InChI=1S/C13H15N5O2/c1-2-20-13(19)12-9-7-14-5-3-10(9)18(17-12)11-4-6-15-8-16-11/h4,6,8,14H,2-3,5,7H2,1H3. The number of nitrogens with one attached hydrogen (secondary N) is 1. The van der Waals surface area contributed by atoms with E-state index in [4.69, 9.17) is 4.74 Å². The number of nitrogens with zero attached hydrogens (tertiary/aromatic N) is 4. The van der Waals surface area contributed by atoms with Gasteiger partial charge in [-0.1, -0.05) is 0 Å². The van der Waals surface area contributed by atoms with Crippen LogP contribution in [0.25, 0.3) is 5.82 Å². The zero-order chi connectivity index (χ0) is 13.9. The molecule has 7 heteroatoms. The van der Waals surface area contributed by atoms with Gasteiger partial charge in [0.15, 0.2) is 11.5 Å². The number of aromatic nitrogens is 4. The van der Waals surface area contributed by atoms with Crippen LogP contribution in [0.2, 0.25) is 0 Å². The molecule has 1 N–H and O–H groups in total. The Hall–Kier alpha value is -2.28. The number of fused-ring (bicyclic) bond motifs is 1. The maximum absolute atomic E-state index is 12.0. The number of hydrogen-bond donors (Lipinski definition) is 1. The minimum absolute atomic E-state index is 0.335.